The minimum absolute atomic E-state index is 0.0369. The van der Waals surface area contributed by atoms with Gasteiger partial charge in [0.25, 0.3) is 0 Å². The highest BCUT2D eigenvalue weighted by Gasteiger charge is 2.33. The predicted molar refractivity (Wildman–Crippen MR) is 121 cm³/mol. The number of nitrogens with zero attached hydrogens (tertiary/aromatic N) is 2. The first-order valence-corrected chi connectivity index (χ1v) is 10.4. The van der Waals surface area contributed by atoms with E-state index >= 15 is 0 Å². The lowest BCUT2D eigenvalue weighted by Crippen LogP contribution is -2.32. The summed E-state index contributed by atoms with van der Waals surface area (Å²) in [6.07, 6.45) is 4.43. The largest absolute Gasteiger partial charge is 0.343 e. The molecular formula is C26H28N2O2. The Labute approximate surface area is 177 Å². The van der Waals surface area contributed by atoms with Crippen LogP contribution in [-0.4, -0.2) is 15.3 Å². The van der Waals surface area contributed by atoms with Crippen molar-refractivity contribution >= 4 is 5.78 Å². The van der Waals surface area contributed by atoms with E-state index < -0.39 is 0 Å². The highest BCUT2D eigenvalue weighted by atomic mass is 16.1. The van der Waals surface area contributed by atoms with Crippen LogP contribution >= 0.6 is 0 Å². The van der Waals surface area contributed by atoms with Crippen molar-refractivity contribution in [1.82, 2.24) is 9.55 Å². The van der Waals surface area contributed by atoms with Gasteiger partial charge in [0, 0.05) is 41.3 Å². The monoisotopic (exact) mass is 400 g/mol. The molecule has 1 atom stereocenters. The summed E-state index contributed by atoms with van der Waals surface area (Å²) in [5, 5.41) is 0. The van der Waals surface area contributed by atoms with Crippen molar-refractivity contribution in [2.75, 3.05) is 0 Å². The maximum atomic E-state index is 12.7. The molecular weight excluding hydrogens is 372 g/mol. The zero-order chi connectivity index (χ0) is 21.8. The van der Waals surface area contributed by atoms with Gasteiger partial charge in [-0.1, -0.05) is 32.9 Å². The van der Waals surface area contributed by atoms with Gasteiger partial charge in [0.1, 0.15) is 0 Å². The summed E-state index contributed by atoms with van der Waals surface area (Å²) in [5.74, 6) is -0.188. The minimum Gasteiger partial charge on any atom is -0.343 e. The van der Waals surface area contributed by atoms with Gasteiger partial charge in [0.05, 0.1) is 11.3 Å². The molecule has 3 aromatic rings. The molecule has 0 spiro atoms. The lowest BCUT2D eigenvalue weighted by Gasteiger charge is -2.39. The number of fused-ring (bicyclic) bond motifs is 3. The standard InChI is InChI=1S/C26H28N2O2/c1-15-10-21-18(11-20(15)19-8-7-9-27-16(19)2)12-25(26(4,5)6)28-14-22(17(3)29)24(30)13-23(21)28/h7-11,13-14,25H,12H2,1-6H3. The number of carbonyl (C=O) groups is 1. The molecule has 1 aliphatic rings. The summed E-state index contributed by atoms with van der Waals surface area (Å²) in [4.78, 5) is 29.2. The van der Waals surface area contributed by atoms with Gasteiger partial charge in [-0.25, -0.2) is 0 Å². The van der Waals surface area contributed by atoms with E-state index in [1.165, 1.54) is 18.1 Å². The number of Topliss-reactive ketones (excluding diaryl/α,β-unsaturated/α-hetero) is 1. The van der Waals surface area contributed by atoms with Crippen LogP contribution in [0.3, 0.4) is 0 Å². The molecule has 4 rings (SSSR count). The molecule has 2 aromatic heterocycles. The highest BCUT2D eigenvalue weighted by Crippen LogP contribution is 2.44. The van der Waals surface area contributed by atoms with E-state index in [4.69, 9.17) is 0 Å². The first-order valence-electron chi connectivity index (χ1n) is 10.4. The van der Waals surface area contributed by atoms with Crippen LogP contribution in [0.1, 0.15) is 60.9 Å². The average Bonchev–Trinajstić information content (AvgIpc) is 2.66. The second-order valence-corrected chi connectivity index (χ2v) is 9.45. The first kappa shape index (κ1) is 20.3. The van der Waals surface area contributed by atoms with Gasteiger partial charge in [-0.15, -0.1) is 0 Å². The quantitative estimate of drug-likeness (QED) is 0.531. The van der Waals surface area contributed by atoms with Crippen LogP contribution in [0.5, 0.6) is 0 Å². The van der Waals surface area contributed by atoms with Crippen LogP contribution in [0.4, 0.5) is 0 Å². The Bertz CT molecular complexity index is 1230. The van der Waals surface area contributed by atoms with Crippen molar-refractivity contribution in [3.8, 4) is 22.4 Å². The molecule has 0 bridgehead atoms. The molecule has 0 N–H and O–H groups in total. The molecule has 4 heteroatoms. The SMILES string of the molecule is CC(=O)c1cn2c(cc1=O)-c1cc(C)c(-c3cccnc3C)cc1CC2C(C)(C)C. The van der Waals surface area contributed by atoms with Gasteiger partial charge in [-0.2, -0.15) is 0 Å². The number of aryl methyl sites for hydroxylation is 2. The van der Waals surface area contributed by atoms with Crippen molar-refractivity contribution in [2.24, 2.45) is 5.41 Å². The molecule has 0 radical (unpaired) electrons. The van der Waals surface area contributed by atoms with Gasteiger partial charge in [0.2, 0.25) is 0 Å². The highest BCUT2D eigenvalue weighted by molar-refractivity contribution is 5.94. The topological polar surface area (TPSA) is 52.0 Å². The van der Waals surface area contributed by atoms with E-state index in [0.717, 1.165) is 34.5 Å². The lowest BCUT2D eigenvalue weighted by molar-refractivity contribution is 0.101. The van der Waals surface area contributed by atoms with Gasteiger partial charge >= 0.3 is 0 Å². The molecule has 4 nitrogen and oxygen atoms in total. The van der Waals surface area contributed by atoms with Crippen molar-refractivity contribution in [2.45, 2.75) is 54.0 Å². The van der Waals surface area contributed by atoms with Crippen molar-refractivity contribution in [3.63, 3.8) is 0 Å². The van der Waals surface area contributed by atoms with Gasteiger partial charge < -0.3 is 4.57 Å². The van der Waals surface area contributed by atoms with E-state index in [1.807, 2.05) is 19.2 Å². The molecule has 154 valence electrons. The van der Waals surface area contributed by atoms with Crippen molar-refractivity contribution in [3.05, 3.63) is 75.3 Å². The van der Waals surface area contributed by atoms with E-state index in [2.05, 4.69) is 55.4 Å². The molecule has 0 fully saturated rings. The third-order valence-corrected chi connectivity index (χ3v) is 6.23. The Hall–Kier alpha value is -3.01. The molecule has 1 unspecified atom stereocenters. The smallest absolute Gasteiger partial charge is 0.192 e. The molecule has 1 aliphatic heterocycles. The molecule has 0 saturated heterocycles. The Morgan fingerprint density at radius 1 is 1.10 bits per heavy atom. The van der Waals surface area contributed by atoms with E-state index in [-0.39, 0.29) is 28.2 Å². The summed E-state index contributed by atoms with van der Waals surface area (Å²) >= 11 is 0. The van der Waals surface area contributed by atoms with Gasteiger partial charge in [0.15, 0.2) is 11.2 Å². The fourth-order valence-corrected chi connectivity index (χ4v) is 4.54. The molecule has 0 amide bonds. The average molecular weight is 401 g/mol. The van der Waals surface area contributed by atoms with Crippen LogP contribution in [0, 0.1) is 19.3 Å². The molecule has 0 aliphatic carbocycles. The number of ketones is 1. The lowest BCUT2D eigenvalue weighted by atomic mass is 9.77. The number of aromatic nitrogens is 2. The summed E-state index contributed by atoms with van der Waals surface area (Å²) in [6.45, 7) is 12.2. The van der Waals surface area contributed by atoms with Crippen molar-refractivity contribution in [1.29, 1.82) is 0 Å². The number of rotatable bonds is 2. The van der Waals surface area contributed by atoms with E-state index in [9.17, 15) is 9.59 Å². The maximum Gasteiger partial charge on any atom is 0.192 e. The minimum atomic E-state index is -0.209. The number of hydrogen-bond acceptors (Lipinski definition) is 3. The van der Waals surface area contributed by atoms with E-state index in [1.54, 1.807) is 12.3 Å². The Balaban J connectivity index is 1.99. The second-order valence-electron chi connectivity index (χ2n) is 9.45. The van der Waals surface area contributed by atoms with Crippen LogP contribution < -0.4 is 5.43 Å². The summed E-state index contributed by atoms with van der Waals surface area (Å²) in [6, 6.07) is 10.3. The Kier molecular flexibility index (Phi) is 4.76. The van der Waals surface area contributed by atoms with E-state index in [0.29, 0.717) is 0 Å². The second kappa shape index (κ2) is 7.05. The first-order chi connectivity index (χ1) is 14.1. The Morgan fingerprint density at radius 2 is 1.83 bits per heavy atom. The number of benzene rings is 1. The van der Waals surface area contributed by atoms with Crippen LogP contribution in [-0.2, 0) is 6.42 Å². The fraction of sp³-hybridized carbons (Fsp3) is 0.346. The zero-order valence-electron chi connectivity index (χ0n) is 18.5. The van der Waals surface area contributed by atoms with Crippen LogP contribution in [0.2, 0.25) is 0 Å². The summed E-state index contributed by atoms with van der Waals surface area (Å²) < 4.78 is 2.15. The third kappa shape index (κ3) is 3.30. The number of carbonyl (C=O) groups excluding carboxylic acids is 1. The number of pyridine rings is 2. The van der Waals surface area contributed by atoms with Crippen molar-refractivity contribution < 1.29 is 4.79 Å². The van der Waals surface area contributed by atoms with Crippen LogP contribution in [0.25, 0.3) is 22.4 Å². The van der Waals surface area contributed by atoms with Gasteiger partial charge in [-0.05, 0) is 61.4 Å². The summed E-state index contributed by atoms with van der Waals surface area (Å²) in [7, 11) is 0. The maximum absolute atomic E-state index is 12.7. The molecule has 30 heavy (non-hydrogen) atoms. The normalized spacial score (nSPS) is 15.5. The van der Waals surface area contributed by atoms with Gasteiger partial charge in [-0.3, -0.25) is 14.6 Å². The predicted octanol–water partition coefficient (Wildman–Crippen LogP) is 5.54. The third-order valence-electron chi connectivity index (χ3n) is 6.23. The number of hydrogen-bond donors (Lipinski definition) is 0. The summed E-state index contributed by atoms with van der Waals surface area (Å²) in [5.41, 5.74) is 7.69. The Morgan fingerprint density at radius 3 is 2.47 bits per heavy atom. The molecule has 1 aromatic carbocycles. The fourth-order valence-electron chi connectivity index (χ4n) is 4.54. The molecule has 0 saturated carbocycles. The van der Waals surface area contributed by atoms with Crippen LogP contribution in [0.15, 0.2) is 47.5 Å². The molecule has 3 heterocycles. The zero-order valence-corrected chi connectivity index (χ0v) is 18.5.